The highest BCUT2D eigenvalue weighted by atomic mass is 16.5. The maximum absolute atomic E-state index is 12.6. The van der Waals surface area contributed by atoms with Crippen LogP contribution in [0.3, 0.4) is 0 Å². The van der Waals surface area contributed by atoms with Crippen molar-refractivity contribution in [1.82, 2.24) is 5.32 Å². The lowest BCUT2D eigenvalue weighted by Gasteiger charge is -2.16. The molecule has 170 valence electrons. The Bertz CT molecular complexity index is 839. The van der Waals surface area contributed by atoms with E-state index < -0.39 is 6.10 Å². The number of carbonyl (C=O) groups excluding carboxylic acids is 1. The number of hydrogen-bond acceptors (Lipinski definition) is 7. The first-order valence-electron chi connectivity index (χ1n) is 10.5. The number of aliphatic hydroxyl groups is 1. The van der Waals surface area contributed by atoms with E-state index in [0.29, 0.717) is 47.9 Å². The van der Waals surface area contributed by atoms with Crippen molar-refractivity contribution in [1.29, 1.82) is 0 Å². The Labute approximate surface area is 184 Å². The van der Waals surface area contributed by atoms with Crippen LogP contribution < -0.4 is 24.3 Å². The predicted molar refractivity (Wildman–Crippen MR) is 120 cm³/mol. The molecule has 0 amide bonds. The molecule has 7 heteroatoms. The van der Waals surface area contributed by atoms with Crippen LogP contribution in [0.2, 0.25) is 0 Å². The number of nitrogens with one attached hydrogen (secondary N) is 1. The van der Waals surface area contributed by atoms with Gasteiger partial charge in [-0.25, -0.2) is 0 Å². The molecular weight excluding hydrogens is 398 g/mol. The average Bonchev–Trinajstić information content (AvgIpc) is 2.80. The molecule has 2 aromatic rings. The number of ketones is 1. The van der Waals surface area contributed by atoms with Crippen molar-refractivity contribution < 1.29 is 28.8 Å². The van der Waals surface area contributed by atoms with Gasteiger partial charge in [-0.1, -0.05) is 13.0 Å². The molecular formula is C24H33NO6. The van der Waals surface area contributed by atoms with E-state index in [0.717, 1.165) is 18.5 Å². The van der Waals surface area contributed by atoms with Gasteiger partial charge in [-0.15, -0.1) is 0 Å². The molecule has 0 fully saturated rings. The first-order chi connectivity index (χ1) is 15.0. The Morgan fingerprint density at radius 3 is 2.32 bits per heavy atom. The summed E-state index contributed by atoms with van der Waals surface area (Å²) >= 11 is 0. The number of aliphatic hydroxyl groups excluding tert-OH is 1. The second kappa shape index (κ2) is 12.8. The van der Waals surface area contributed by atoms with Gasteiger partial charge in [0.2, 0.25) is 0 Å². The van der Waals surface area contributed by atoms with Crippen molar-refractivity contribution >= 4 is 5.78 Å². The number of hydrogen-bond donors (Lipinski definition) is 2. The van der Waals surface area contributed by atoms with Crippen LogP contribution in [0.5, 0.6) is 23.0 Å². The number of Topliss-reactive ketones (excluding diaryl/α,β-unsaturated/α-hetero) is 1. The Morgan fingerprint density at radius 1 is 0.968 bits per heavy atom. The van der Waals surface area contributed by atoms with Crippen molar-refractivity contribution in [2.45, 2.75) is 32.3 Å². The first-order valence-corrected chi connectivity index (χ1v) is 10.5. The topological polar surface area (TPSA) is 86.2 Å². The molecule has 0 saturated carbocycles. The van der Waals surface area contributed by atoms with Crippen molar-refractivity contribution in [3.8, 4) is 23.0 Å². The molecule has 0 spiro atoms. The zero-order valence-corrected chi connectivity index (χ0v) is 18.8. The van der Waals surface area contributed by atoms with Gasteiger partial charge in [0.05, 0.1) is 21.3 Å². The normalized spacial score (nSPS) is 11.6. The molecule has 1 unspecified atom stereocenters. The molecule has 2 N–H and O–H groups in total. The number of carbonyl (C=O) groups is 1. The predicted octanol–water partition coefficient (Wildman–Crippen LogP) is 3.27. The first kappa shape index (κ1) is 24.5. The molecule has 0 radical (unpaired) electrons. The molecule has 0 aliphatic heterocycles. The van der Waals surface area contributed by atoms with Crippen LogP contribution in [0.15, 0.2) is 36.4 Å². The summed E-state index contributed by atoms with van der Waals surface area (Å²) in [6, 6.07) is 10.7. The van der Waals surface area contributed by atoms with Crippen molar-refractivity contribution in [3.05, 3.63) is 47.5 Å². The van der Waals surface area contributed by atoms with Crippen LogP contribution in [-0.4, -0.2) is 58.0 Å². The molecule has 31 heavy (non-hydrogen) atoms. The smallest absolute Gasteiger partial charge is 0.163 e. The van der Waals surface area contributed by atoms with Crippen LogP contribution in [0.4, 0.5) is 0 Å². The monoisotopic (exact) mass is 431 g/mol. The van der Waals surface area contributed by atoms with E-state index >= 15 is 0 Å². The maximum Gasteiger partial charge on any atom is 0.163 e. The Morgan fingerprint density at radius 2 is 1.65 bits per heavy atom. The van der Waals surface area contributed by atoms with E-state index in [-0.39, 0.29) is 12.4 Å². The molecule has 0 heterocycles. The molecule has 0 aromatic heterocycles. The van der Waals surface area contributed by atoms with Gasteiger partial charge in [0.1, 0.15) is 12.7 Å². The van der Waals surface area contributed by atoms with E-state index in [1.54, 1.807) is 39.5 Å². The van der Waals surface area contributed by atoms with Gasteiger partial charge < -0.3 is 29.4 Å². The fourth-order valence-electron chi connectivity index (χ4n) is 3.09. The van der Waals surface area contributed by atoms with Gasteiger partial charge in [0, 0.05) is 18.5 Å². The fraction of sp³-hybridized carbons (Fsp3) is 0.458. The lowest BCUT2D eigenvalue weighted by Crippen LogP contribution is -2.31. The lowest BCUT2D eigenvalue weighted by molar-refractivity contribution is 0.0982. The van der Waals surface area contributed by atoms with Crippen LogP contribution in [0.25, 0.3) is 0 Å². The van der Waals surface area contributed by atoms with Gasteiger partial charge in [-0.05, 0) is 55.3 Å². The van der Waals surface area contributed by atoms with Crippen LogP contribution >= 0.6 is 0 Å². The summed E-state index contributed by atoms with van der Waals surface area (Å²) in [6.45, 7) is 3.54. The quantitative estimate of drug-likeness (QED) is 0.351. The third kappa shape index (κ3) is 7.45. The molecule has 2 rings (SSSR count). The Hall–Kier alpha value is -2.77. The second-order valence-corrected chi connectivity index (χ2v) is 7.15. The number of methoxy groups -OCH3 is 3. The minimum atomic E-state index is -0.619. The standard InChI is InChI=1S/C24H33NO6/c1-5-12-25-15-19(26)16-31-24-13-17(7-10-22(24)29-3)6-9-20(27)18-8-11-21(28-2)23(14-18)30-4/h7-8,10-11,13-14,19,25-26H,5-6,9,12,15-16H2,1-4H3. The van der Waals surface area contributed by atoms with Crippen molar-refractivity contribution in [3.63, 3.8) is 0 Å². The highest BCUT2D eigenvalue weighted by Crippen LogP contribution is 2.30. The minimum absolute atomic E-state index is 0.0108. The van der Waals surface area contributed by atoms with E-state index in [9.17, 15) is 9.90 Å². The number of rotatable bonds is 14. The van der Waals surface area contributed by atoms with Crippen molar-refractivity contribution in [2.24, 2.45) is 0 Å². The van der Waals surface area contributed by atoms with Crippen LogP contribution in [0.1, 0.15) is 35.7 Å². The second-order valence-electron chi connectivity index (χ2n) is 7.15. The Kier molecular flexibility index (Phi) is 10.1. The molecule has 7 nitrogen and oxygen atoms in total. The molecule has 0 aliphatic rings. The zero-order chi connectivity index (χ0) is 22.6. The van der Waals surface area contributed by atoms with Gasteiger partial charge in [-0.2, -0.15) is 0 Å². The average molecular weight is 432 g/mol. The zero-order valence-electron chi connectivity index (χ0n) is 18.8. The fourth-order valence-corrected chi connectivity index (χ4v) is 3.09. The molecule has 1 atom stereocenters. The number of benzene rings is 2. The largest absolute Gasteiger partial charge is 0.493 e. The SMILES string of the molecule is CCCNCC(O)COc1cc(CCC(=O)c2ccc(OC)c(OC)c2)ccc1OC. The van der Waals surface area contributed by atoms with Crippen LogP contribution in [-0.2, 0) is 6.42 Å². The summed E-state index contributed by atoms with van der Waals surface area (Å²) in [5, 5.41) is 13.2. The summed E-state index contributed by atoms with van der Waals surface area (Å²) in [4.78, 5) is 12.6. The van der Waals surface area contributed by atoms with Crippen molar-refractivity contribution in [2.75, 3.05) is 41.0 Å². The number of ether oxygens (including phenoxy) is 4. The Balaban J connectivity index is 1.99. The third-order valence-corrected chi connectivity index (χ3v) is 4.81. The van der Waals surface area contributed by atoms with Crippen LogP contribution in [0, 0.1) is 0 Å². The van der Waals surface area contributed by atoms with E-state index in [2.05, 4.69) is 12.2 Å². The molecule has 2 aromatic carbocycles. The highest BCUT2D eigenvalue weighted by molar-refractivity contribution is 5.96. The van der Waals surface area contributed by atoms with E-state index in [1.807, 2.05) is 18.2 Å². The molecule has 0 aliphatic carbocycles. The van der Waals surface area contributed by atoms with Gasteiger partial charge >= 0.3 is 0 Å². The van der Waals surface area contributed by atoms with Gasteiger partial charge in [0.15, 0.2) is 28.8 Å². The highest BCUT2D eigenvalue weighted by Gasteiger charge is 2.13. The van der Waals surface area contributed by atoms with Gasteiger partial charge in [-0.3, -0.25) is 4.79 Å². The lowest BCUT2D eigenvalue weighted by atomic mass is 10.0. The van der Waals surface area contributed by atoms with Gasteiger partial charge in [0.25, 0.3) is 0 Å². The minimum Gasteiger partial charge on any atom is -0.493 e. The van der Waals surface area contributed by atoms with E-state index in [1.165, 1.54) is 0 Å². The number of aryl methyl sites for hydroxylation is 1. The molecule has 0 bridgehead atoms. The summed E-state index contributed by atoms with van der Waals surface area (Å²) in [6.07, 6.45) is 1.27. The summed E-state index contributed by atoms with van der Waals surface area (Å²) in [5.41, 5.74) is 1.52. The maximum atomic E-state index is 12.6. The van der Waals surface area contributed by atoms with E-state index in [4.69, 9.17) is 18.9 Å². The molecule has 0 saturated heterocycles. The summed E-state index contributed by atoms with van der Waals surface area (Å²) in [7, 11) is 4.67. The summed E-state index contributed by atoms with van der Waals surface area (Å²) < 4.78 is 21.6. The third-order valence-electron chi connectivity index (χ3n) is 4.81. The summed E-state index contributed by atoms with van der Waals surface area (Å²) in [5.74, 6) is 2.26.